The number of aromatic nitrogens is 3. The van der Waals surface area contributed by atoms with Gasteiger partial charge in [0.15, 0.2) is 5.82 Å². The molecule has 0 radical (unpaired) electrons. The van der Waals surface area contributed by atoms with Gasteiger partial charge in [-0.05, 0) is 19.4 Å². The maximum Gasteiger partial charge on any atom is 0.165 e. The van der Waals surface area contributed by atoms with Crippen LogP contribution < -0.4 is 11.1 Å². The number of hydrogen-bond donors (Lipinski definition) is 2. The topological polar surface area (TPSA) is 68.8 Å². The Bertz CT molecular complexity index is 263. The van der Waals surface area contributed by atoms with Crippen molar-refractivity contribution in [1.29, 1.82) is 0 Å². The molecule has 1 atom stereocenters. The first-order valence-corrected chi connectivity index (χ1v) is 4.73. The highest BCUT2D eigenvalue weighted by molar-refractivity contribution is 5.19. The minimum Gasteiger partial charge on any atom is -0.381 e. The maximum atomic E-state index is 5.47. The molecule has 72 valence electrons. The van der Waals surface area contributed by atoms with Gasteiger partial charge in [0.25, 0.3) is 0 Å². The van der Waals surface area contributed by atoms with Crippen molar-refractivity contribution >= 4 is 5.82 Å². The van der Waals surface area contributed by atoms with Crippen LogP contribution in [-0.4, -0.2) is 27.6 Å². The first-order chi connectivity index (χ1) is 6.34. The fourth-order valence-electron chi connectivity index (χ4n) is 1.68. The Morgan fingerprint density at radius 1 is 1.62 bits per heavy atom. The van der Waals surface area contributed by atoms with Crippen LogP contribution >= 0.6 is 0 Å². The van der Waals surface area contributed by atoms with Gasteiger partial charge in [0.05, 0.1) is 12.7 Å². The molecule has 2 heterocycles. The van der Waals surface area contributed by atoms with E-state index in [9.17, 15) is 0 Å². The monoisotopic (exact) mass is 181 g/mol. The van der Waals surface area contributed by atoms with E-state index in [4.69, 9.17) is 5.73 Å². The Hall–Kier alpha value is -1.10. The third-order valence-corrected chi connectivity index (χ3v) is 2.35. The van der Waals surface area contributed by atoms with E-state index >= 15 is 0 Å². The molecule has 3 N–H and O–H groups in total. The molecule has 1 aliphatic rings. The highest BCUT2D eigenvalue weighted by Gasteiger charge is 2.13. The second-order valence-corrected chi connectivity index (χ2v) is 3.47. The van der Waals surface area contributed by atoms with Crippen LogP contribution in [0, 0.1) is 0 Å². The molecule has 0 amide bonds. The Morgan fingerprint density at radius 3 is 3.15 bits per heavy atom. The largest absolute Gasteiger partial charge is 0.381 e. The maximum absolute atomic E-state index is 5.47. The summed E-state index contributed by atoms with van der Waals surface area (Å²) in [7, 11) is 0. The van der Waals surface area contributed by atoms with Crippen LogP contribution in [0.4, 0.5) is 5.82 Å². The predicted molar refractivity (Wildman–Crippen MR) is 50.1 cm³/mol. The Labute approximate surface area is 77.3 Å². The van der Waals surface area contributed by atoms with E-state index in [1.54, 1.807) is 11.0 Å². The first kappa shape index (κ1) is 8.50. The van der Waals surface area contributed by atoms with Crippen LogP contribution in [0.1, 0.15) is 19.3 Å². The van der Waals surface area contributed by atoms with Crippen molar-refractivity contribution in [2.75, 3.05) is 12.3 Å². The molecule has 0 bridgehead atoms. The SMILES string of the molecule is Nc1cnn(CC2CCCCN2)n1. The number of rotatable bonds is 2. The number of hydrogen-bond acceptors (Lipinski definition) is 4. The smallest absolute Gasteiger partial charge is 0.165 e. The molecule has 1 aromatic rings. The van der Waals surface area contributed by atoms with Crippen LogP contribution in [0.15, 0.2) is 6.20 Å². The Morgan fingerprint density at radius 2 is 2.54 bits per heavy atom. The molecule has 1 saturated heterocycles. The zero-order valence-corrected chi connectivity index (χ0v) is 7.61. The van der Waals surface area contributed by atoms with Crippen LogP contribution in [0.5, 0.6) is 0 Å². The van der Waals surface area contributed by atoms with E-state index in [0.29, 0.717) is 11.9 Å². The number of nitrogens with two attached hydrogens (primary N) is 1. The quantitative estimate of drug-likeness (QED) is 0.674. The van der Waals surface area contributed by atoms with Gasteiger partial charge in [0.1, 0.15) is 0 Å². The summed E-state index contributed by atoms with van der Waals surface area (Å²) < 4.78 is 0. The third-order valence-electron chi connectivity index (χ3n) is 2.35. The summed E-state index contributed by atoms with van der Waals surface area (Å²) in [5.74, 6) is 0.496. The van der Waals surface area contributed by atoms with Gasteiger partial charge in [-0.3, -0.25) is 0 Å². The number of anilines is 1. The highest BCUT2D eigenvalue weighted by Crippen LogP contribution is 2.08. The van der Waals surface area contributed by atoms with Gasteiger partial charge in [-0.1, -0.05) is 6.42 Å². The van der Waals surface area contributed by atoms with Crippen LogP contribution in [-0.2, 0) is 6.54 Å². The molecule has 1 unspecified atom stereocenters. The highest BCUT2D eigenvalue weighted by atomic mass is 15.5. The fourth-order valence-corrected chi connectivity index (χ4v) is 1.68. The molecule has 0 aliphatic carbocycles. The van der Waals surface area contributed by atoms with Crippen molar-refractivity contribution in [3.63, 3.8) is 0 Å². The second-order valence-electron chi connectivity index (χ2n) is 3.47. The summed E-state index contributed by atoms with van der Waals surface area (Å²) >= 11 is 0. The van der Waals surface area contributed by atoms with Crippen molar-refractivity contribution in [1.82, 2.24) is 20.3 Å². The average Bonchev–Trinajstić information content (AvgIpc) is 2.53. The summed E-state index contributed by atoms with van der Waals surface area (Å²) in [5, 5.41) is 11.5. The number of nitrogens with zero attached hydrogens (tertiary/aromatic N) is 3. The summed E-state index contributed by atoms with van der Waals surface area (Å²) in [6, 6.07) is 0.514. The molecule has 0 spiro atoms. The van der Waals surface area contributed by atoms with Gasteiger partial charge in [0, 0.05) is 6.04 Å². The Balaban J connectivity index is 1.89. The fraction of sp³-hybridized carbons (Fsp3) is 0.750. The molecule has 1 fully saturated rings. The molecule has 5 nitrogen and oxygen atoms in total. The number of nitrogens with one attached hydrogen (secondary N) is 1. The lowest BCUT2D eigenvalue weighted by Crippen LogP contribution is -2.37. The second kappa shape index (κ2) is 3.74. The molecule has 1 aromatic heterocycles. The van der Waals surface area contributed by atoms with Gasteiger partial charge in [0.2, 0.25) is 0 Å². The summed E-state index contributed by atoms with van der Waals surface area (Å²) in [6.45, 7) is 1.94. The van der Waals surface area contributed by atoms with Gasteiger partial charge in [-0.2, -0.15) is 9.90 Å². The number of piperidine rings is 1. The number of nitrogen functional groups attached to an aromatic ring is 1. The lowest BCUT2D eigenvalue weighted by Gasteiger charge is -2.22. The normalized spacial score (nSPS) is 23.2. The van der Waals surface area contributed by atoms with E-state index in [-0.39, 0.29) is 0 Å². The third kappa shape index (κ3) is 2.18. The molecular formula is C8H15N5. The summed E-state index contributed by atoms with van der Waals surface area (Å²) in [5.41, 5.74) is 5.47. The summed E-state index contributed by atoms with van der Waals surface area (Å²) in [4.78, 5) is 1.66. The van der Waals surface area contributed by atoms with Gasteiger partial charge >= 0.3 is 0 Å². The van der Waals surface area contributed by atoms with E-state index in [1.165, 1.54) is 19.3 Å². The van der Waals surface area contributed by atoms with Crippen LogP contribution in [0.2, 0.25) is 0 Å². The van der Waals surface area contributed by atoms with Gasteiger partial charge in [-0.15, -0.1) is 5.10 Å². The van der Waals surface area contributed by atoms with Crippen LogP contribution in [0.25, 0.3) is 0 Å². The first-order valence-electron chi connectivity index (χ1n) is 4.73. The average molecular weight is 181 g/mol. The minimum absolute atomic E-state index is 0.496. The van der Waals surface area contributed by atoms with Crippen molar-refractivity contribution in [2.45, 2.75) is 31.8 Å². The van der Waals surface area contributed by atoms with E-state index in [0.717, 1.165) is 13.1 Å². The van der Waals surface area contributed by atoms with E-state index in [2.05, 4.69) is 15.5 Å². The molecular weight excluding hydrogens is 166 g/mol. The van der Waals surface area contributed by atoms with E-state index < -0.39 is 0 Å². The van der Waals surface area contributed by atoms with Gasteiger partial charge < -0.3 is 11.1 Å². The molecule has 0 saturated carbocycles. The molecule has 1 aliphatic heterocycles. The zero-order valence-electron chi connectivity index (χ0n) is 7.61. The standard InChI is InChI=1S/C8H15N5/c9-8-5-11-13(12-8)6-7-3-1-2-4-10-7/h5,7,10H,1-4,6H2,(H2,9,12). The van der Waals surface area contributed by atoms with Crippen molar-refractivity contribution < 1.29 is 0 Å². The molecule has 13 heavy (non-hydrogen) atoms. The van der Waals surface area contributed by atoms with Crippen molar-refractivity contribution in [3.05, 3.63) is 6.20 Å². The predicted octanol–water partition coefficient (Wildman–Crippen LogP) is 0.00240. The van der Waals surface area contributed by atoms with E-state index in [1.807, 2.05) is 0 Å². The summed E-state index contributed by atoms with van der Waals surface area (Å²) in [6.07, 6.45) is 5.38. The van der Waals surface area contributed by atoms with Crippen LogP contribution in [0.3, 0.4) is 0 Å². The van der Waals surface area contributed by atoms with Crippen molar-refractivity contribution in [3.8, 4) is 0 Å². The Kier molecular flexibility index (Phi) is 2.44. The molecule has 0 aromatic carbocycles. The zero-order chi connectivity index (χ0) is 9.10. The molecule has 2 rings (SSSR count). The minimum atomic E-state index is 0.496. The van der Waals surface area contributed by atoms with Crippen molar-refractivity contribution in [2.24, 2.45) is 0 Å². The lowest BCUT2D eigenvalue weighted by atomic mass is 10.1. The lowest BCUT2D eigenvalue weighted by molar-refractivity contribution is 0.335. The van der Waals surface area contributed by atoms with Gasteiger partial charge in [-0.25, -0.2) is 0 Å². The molecule has 5 heteroatoms.